The van der Waals surface area contributed by atoms with Crippen LogP contribution in [0.25, 0.3) is 0 Å². The molecule has 0 aliphatic rings. The zero-order valence-electron chi connectivity index (χ0n) is 10.2. The summed E-state index contributed by atoms with van der Waals surface area (Å²) < 4.78 is 1.75. The summed E-state index contributed by atoms with van der Waals surface area (Å²) in [6.45, 7) is 2.54. The number of aromatic carboxylic acids is 1. The molecule has 0 saturated heterocycles. The Kier molecular flexibility index (Phi) is 3.27. The van der Waals surface area contributed by atoms with Gasteiger partial charge in [-0.3, -0.25) is 4.68 Å². The predicted molar refractivity (Wildman–Crippen MR) is 66.5 cm³/mol. The Hall–Kier alpha value is -2.37. The number of nitrogens with zero attached hydrogens (tertiary/aromatic N) is 3. The first-order chi connectivity index (χ1) is 8.56. The molecule has 2 aromatic heterocycles. The zero-order valence-corrected chi connectivity index (χ0v) is 10.2. The van der Waals surface area contributed by atoms with Crippen LogP contribution >= 0.6 is 0 Å². The molecule has 0 bridgehead atoms. The molecular formula is C12H14N4O2. The van der Waals surface area contributed by atoms with E-state index < -0.39 is 5.97 Å². The minimum Gasteiger partial charge on any atom is -0.477 e. The number of nitrogens with one attached hydrogen (secondary N) is 1. The van der Waals surface area contributed by atoms with Gasteiger partial charge in [0.05, 0.1) is 5.69 Å². The molecule has 0 atom stereocenters. The van der Waals surface area contributed by atoms with E-state index in [1.807, 2.05) is 20.2 Å². The van der Waals surface area contributed by atoms with Crippen LogP contribution in [-0.2, 0) is 13.6 Å². The van der Waals surface area contributed by atoms with Gasteiger partial charge >= 0.3 is 5.97 Å². The molecule has 18 heavy (non-hydrogen) atoms. The summed E-state index contributed by atoms with van der Waals surface area (Å²) in [4.78, 5) is 14.5. The van der Waals surface area contributed by atoms with Crippen LogP contribution in [0.2, 0.25) is 0 Å². The molecular weight excluding hydrogens is 232 g/mol. The van der Waals surface area contributed by atoms with Crippen molar-refractivity contribution in [3.05, 3.63) is 41.5 Å². The van der Waals surface area contributed by atoms with Crippen LogP contribution < -0.4 is 5.32 Å². The molecule has 2 heterocycles. The second-order valence-electron chi connectivity index (χ2n) is 4.00. The van der Waals surface area contributed by atoms with Crippen molar-refractivity contribution in [1.82, 2.24) is 14.8 Å². The van der Waals surface area contributed by atoms with E-state index in [-0.39, 0.29) is 5.69 Å². The van der Waals surface area contributed by atoms with Crippen LogP contribution in [0.1, 0.15) is 21.7 Å². The highest BCUT2D eigenvalue weighted by atomic mass is 16.4. The second-order valence-corrected chi connectivity index (χ2v) is 4.00. The Bertz CT molecular complexity index is 577. The van der Waals surface area contributed by atoms with Crippen LogP contribution in [0.15, 0.2) is 24.5 Å². The molecule has 0 saturated carbocycles. The minimum atomic E-state index is -1.03. The summed E-state index contributed by atoms with van der Waals surface area (Å²) >= 11 is 0. The fourth-order valence-corrected chi connectivity index (χ4v) is 1.68. The molecule has 0 fully saturated rings. The first kappa shape index (κ1) is 12.1. The number of pyridine rings is 1. The minimum absolute atomic E-state index is 0.0305. The molecule has 2 N–H and O–H groups in total. The molecule has 0 aliphatic heterocycles. The van der Waals surface area contributed by atoms with Gasteiger partial charge in [-0.1, -0.05) is 0 Å². The molecule has 0 aromatic carbocycles. The molecule has 0 spiro atoms. The SMILES string of the molecule is Cc1nn(C)cc1CNc1ccnc(C(=O)O)c1. The number of anilines is 1. The Balaban J connectivity index is 2.08. The van der Waals surface area contributed by atoms with Gasteiger partial charge in [0, 0.05) is 37.2 Å². The third kappa shape index (κ3) is 2.65. The van der Waals surface area contributed by atoms with E-state index in [2.05, 4.69) is 15.4 Å². The van der Waals surface area contributed by atoms with Crippen LogP contribution in [0.5, 0.6) is 0 Å². The van der Waals surface area contributed by atoms with Gasteiger partial charge in [0.15, 0.2) is 0 Å². The molecule has 94 valence electrons. The number of hydrogen-bond acceptors (Lipinski definition) is 4. The van der Waals surface area contributed by atoms with E-state index in [9.17, 15) is 4.79 Å². The number of aryl methyl sites for hydroxylation is 2. The molecule has 6 nitrogen and oxygen atoms in total. The van der Waals surface area contributed by atoms with Gasteiger partial charge in [0.1, 0.15) is 5.69 Å². The first-order valence-electron chi connectivity index (χ1n) is 5.48. The maximum atomic E-state index is 10.8. The Morgan fingerprint density at radius 3 is 2.94 bits per heavy atom. The lowest BCUT2D eigenvalue weighted by Crippen LogP contribution is -2.04. The smallest absolute Gasteiger partial charge is 0.354 e. The summed E-state index contributed by atoms with van der Waals surface area (Å²) in [5, 5.41) is 16.2. The van der Waals surface area contributed by atoms with Crippen LogP contribution in [0, 0.1) is 6.92 Å². The van der Waals surface area contributed by atoms with Gasteiger partial charge in [-0.15, -0.1) is 0 Å². The second kappa shape index (κ2) is 4.87. The van der Waals surface area contributed by atoms with Crippen molar-refractivity contribution >= 4 is 11.7 Å². The highest BCUT2D eigenvalue weighted by Gasteiger charge is 2.06. The summed E-state index contributed by atoms with van der Waals surface area (Å²) in [5.41, 5.74) is 2.79. The standard InChI is InChI=1S/C12H14N4O2/c1-8-9(7-16(2)15-8)6-14-10-3-4-13-11(5-10)12(17)18/h3-5,7H,6H2,1-2H3,(H,13,14)(H,17,18). The fraction of sp³-hybridized carbons (Fsp3) is 0.250. The Morgan fingerprint density at radius 1 is 1.56 bits per heavy atom. The first-order valence-corrected chi connectivity index (χ1v) is 5.48. The van der Waals surface area contributed by atoms with E-state index in [1.165, 1.54) is 12.3 Å². The van der Waals surface area contributed by atoms with Gasteiger partial charge in [-0.2, -0.15) is 5.10 Å². The number of rotatable bonds is 4. The molecule has 6 heteroatoms. The summed E-state index contributed by atoms with van der Waals surface area (Å²) in [7, 11) is 1.87. The van der Waals surface area contributed by atoms with Crippen molar-refractivity contribution in [1.29, 1.82) is 0 Å². The normalized spacial score (nSPS) is 10.3. The number of hydrogen-bond donors (Lipinski definition) is 2. The van der Waals surface area contributed by atoms with E-state index in [0.717, 1.165) is 16.9 Å². The molecule has 2 rings (SSSR count). The fourth-order valence-electron chi connectivity index (χ4n) is 1.68. The van der Waals surface area contributed by atoms with Crippen LogP contribution in [-0.4, -0.2) is 25.8 Å². The maximum Gasteiger partial charge on any atom is 0.354 e. The molecule has 2 aromatic rings. The predicted octanol–water partition coefficient (Wildman–Crippen LogP) is 1.43. The van der Waals surface area contributed by atoms with Crippen molar-refractivity contribution in [2.24, 2.45) is 7.05 Å². The lowest BCUT2D eigenvalue weighted by molar-refractivity contribution is 0.0690. The summed E-state index contributed by atoms with van der Waals surface area (Å²) in [6.07, 6.45) is 3.41. The third-order valence-corrected chi connectivity index (χ3v) is 2.58. The number of carbonyl (C=O) groups is 1. The van der Waals surface area contributed by atoms with E-state index in [4.69, 9.17) is 5.11 Å². The molecule has 0 aliphatic carbocycles. The number of carboxylic acid groups (broad SMARTS) is 1. The average Bonchev–Trinajstić information content (AvgIpc) is 2.65. The van der Waals surface area contributed by atoms with E-state index in [0.29, 0.717) is 6.54 Å². The van der Waals surface area contributed by atoms with Gasteiger partial charge < -0.3 is 10.4 Å². The molecule has 0 radical (unpaired) electrons. The quantitative estimate of drug-likeness (QED) is 0.853. The average molecular weight is 246 g/mol. The highest BCUT2D eigenvalue weighted by molar-refractivity contribution is 5.86. The Morgan fingerprint density at radius 2 is 2.33 bits per heavy atom. The lowest BCUT2D eigenvalue weighted by atomic mass is 10.2. The van der Waals surface area contributed by atoms with Gasteiger partial charge in [0.2, 0.25) is 0 Å². The number of carboxylic acids is 1. The summed E-state index contributed by atoms with van der Waals surface area (Å²) in [6, 6.07) is 3.24. The van der Waals surface area contributed by atoms with Crippen LogP contribution in [0.4, 0.5) is 5.69 Å². The maximum absolute atomic E-state index is 10.8. The van der Waals surface area contributed by atoms with Gasteiger partial charge in [0.25, 0.3) is 0 Å². The molecule has 0 unspecified atom stereocenters. The third-order valence-electron chi connectivity index (χ3n) is 2.58. The van der Waals surface area contributed by atoms with E-state index in [1.54, 1.807) is 10.7 Å². The highest BCUT2D eigenvalue weighted by Crippen LogP contribution is 2.11. The van der Waals surface area contributed by atoms with Crippen LogP contribution in [0.3, 0.4) is 0 Å². The zero-order chi connectivity index (χ0) is 13.1. The summed E-state index contributed by atoms with van der Waals surface area (Å²) in [5.74, 6) is -1.03. The van der Waals surface area contributed by atoms with Gasteiger partial charge in [-0.25, -0.2) is 9.78 Å². The lowest BCUT2D eigenvalue weighted by Gasteiger charge is -2.05. The monoisotopic (exact) mass is 246 g/mol. The molecule has 0 amide bonds. The van der Waals surface area contributed by atoms with Crippen molar-refractivity contribution in [3.8, 4) is 0 Å². The number of aromatic nitrogens is 3. The van der Waals surface area contributed by atoms with Crippen molar-refractivity contribution in [3.63, 3.8) is 0 Å². The van der Waals surface area contributed by atoms with Gasteiger partial charge in [-0.05, 0) is 19.1 Å². The Labute approximate surface area is 104 Å². The van der Waals surface area contributed by atoms with Crippen molar-refractivity contribution in [2.75, 3.05) is 5.32 Å². The van der Waals surface area contributed by atoms with Crippen molar-refractivity contribution in [2.45, 2.75) is 13.5 Å². The topological polar surface area (TPSA) is 80.0 Å². The van der Waals surface area contributed by atoms with Crippen molar-refractivity contribution < 1.29 is 9.90 Å². The van der Waals surface area contributed by atoms with E-state index >= 15 is 0 Å². The largest absolute Gasteiger partial charge is 0.477 e.